The zero-order valence-electron chi connectivity index (χ0n) is 4.86. The van der Waals surface area contributed by atoms with Gasteiger partial charge in [-0.15, -0.1) is 0 Å². The van der Waals surface area contributed by atoms with Crippen LogP contribution in [-0.4, -0.2) is 23.9 Å². The lowest BCUT2D eigenvalue weighted by molar-refractivity contribution is 0.200. The van der Waals surface area contributed by atoms with E-state index in [2.05, 4.69) is 31.9 Å². The van der Waals surface area contributed by atoms with E-state index in [4.69, 9.17) is 4.74 Å². The maximum absolute atomic E-state index is 4.89. The molecule has 0 amide bonds. The van der Waals surface area contributed by atoms with Gasteiger partial charge in [0.15, 0.2) is 0 Å². The van der Waals surface area contributed by atoms with Gasteiger partial charge in [0.2, 0.25) is 0 Å². The van der Waals surface area contributed by atoms with Gasteiger partial charge in [-0.05, 0) is 6.42 Å². The molecule has 8 heavy (non-hydrogen) atoms. The molecule has 0 radical (unpaired) electrons. The van der Waals surface area contributed by atoms with E-state index in [0.29, 0.717) is 4.83 Å². The molecule has 0 aliphatic carbocycles. The molecular formula is C5H10Br2O. The van der Waals surface area contributed by atoms with Gasteiger partial charge < -0.3 is 4.74 Å². The van der Waals surface area contributed by atoms with Crippen LogP contribution >= 0.6 is 31.9 Å². The Bertz CT molecular complexity index is 43.7. The summed E-state index contributed by atoms with van der Waals surface area (Å²) in [7, 11) is 1.71. The maximum Gasteiger partial charge on any atom is 0.0587 e. The normalized spacial score (nSPS) is 13.9. The summed E-state index contributed by atoms with van der Waals surface area (Å²) in [6.45, 7) is 0.797. The van der Waals surface area contributed by atoms with Crippen LogP contribution in [0.5, 0.6) is 0 Å². The molecule has 0 saturated heterocycles. The molecule has 1 nitrogen and oxygen atoms in total. The molecule has 0 aliphatic rings. The lowest BCUT2D eigenvalue weighted by atomic mass is 10.4. The van der Waals surface area contributed by atoms with Gasteiger partial charge in [0, 0.05) is 17.3 Å². The van der Waals surface area contributed by atoms with Gasteiger partial charge in [-0.25, -0.2) is 0 Å². The molecule has 3 heteroatoms. The lowest BCUT2D eigenvalue weighted by Gasteiger charge is -2.03. The first kappa shape index (κ1) is 8.92. The topological polar surface area (TPSA) is 9.23 Å². The standard InChI is InChI=1S/C5H10Br2O/c1-8-4-5(7)2-3-6/h5H,2-4H2,1H3/t5-/m0/s1. The molecule has 0 unspecified atom stereocenters. The SMILES string of the molecule is COC[C@@H](Br)CCBr. The van der Waals surface area contributed by atoms with Crippen LogP contribution in [0.15, 0.2) is 0 Å². The largest absolute Gasteiger partial charge is 0.384 e. The number of rotatable bonds is 4. The van der Waals surface area contributed by atoms with Crippen molar-refractivity contribution in [2.75, 3.05) is 19.0 Å². The zero-order valence-corrected chi connectivity index (χ0v) is 8.03. The predicted molar refractivity (Wildman–Crippen MR) is 43.0 cm³/mol. The van der Waals surface area contributed by atoms with Gasteiger partial charge in [0.25, 0.3) is 0 Å². The van der Waals surface area contributed by atoms with Gasteiger partial charge in [-0.1, -0.05) is 31.9 Å². The third-order valence-electron chi connectivity index (χ3n) is 0.770. The number of ether oxygens (including phenoxy) is 1. The Morgan fingerprint density at radius 1 is 1.62 bits per heavy atom. The Hall–Kier alpha value is 0.920. The minimum Gasteiger partial charge on any atom is -0.384 e. The monoisotopic (exact) mass is 244 g/mol. The van der Waals surface area contributed by atoms with Crippen LogP contribution in [0.4, 0.5) is 0 Å². The van der Waals surface area contributed by atoms with Gasteiger partial charge in [0.1, 0.15) is 0 Å². The van der Waals surface area contributed by atoms with Crippen molar-refractivity contribution in [3.05, 3.63) is 0 Å². The molecule has 0 heterocycles. The second-order valence-electron chi connectivity index (χ2n) is 1.53. The van der Waals surface area contributed by atoms with E-state index in [1.807, 2.05) is 0 Å². The summed E-state index contributed by atoms with van der Waals surface area (Å²) < 4.78 is 4.89. The van der Waals surface area contributed by atoms with Crippen LogP contribution in [0.1, 0.15) is 6.42 Å². The van der Waals surface area contributed by atoms with E-state index in [1.54, 1.807) is 7.11 Å². The van der Waals surface area contributed by atoms with Crippen LogP contribution in [0.25, 0.3) is 0 Å². The summed E-state index contributed by atoms with van der Waals surface area (Å²) in [5.74, 6) is 0. The molecule has 0 saturated carbocycles. The van der Waals surface area contributed by atoms with E-state index < -0.39 is 0 Å². The lowest BCUT2D eigenvalue weighted by Crippen LogP contribution is -2.06. The molecule has 0 aliphatic heterocycles. The Kier molecular flexibility index (Phi) is 6.74. The first-order valence-corrected chi connectivity index (χ1v) is 4.54. The summed E-state index contributed by atoms with van der Waals surface area (Å²) in [6, 6.07) is 0. The molecule has 0 aromatic rings. The number of halogens is 2. The molecule has 0 fully saturated rings. The van der Waals surface area contributed by atoms with Crippen molar-refractivity contribution in [2.45, 2.75) is 11.2 Å². The first-order valence-electron chi connectivity index (χ1n) is 2.50. The fourth-order valence-electron chi connectivity index (χ4n) is 0.383. The molecule has 0 aromatic heterocycles. The van der Waals surface area contributed by atoms with E-state index in [-0.39, 0.29) is 0 Å². The molecule has 0 bridgehead atoms. The number of methoxy groups -OCH3 is 1. The zero-order chi connectivity index (χ0) is 6.41. The van der Waals surface area contributed by atoms with Crippen molar-refractivity contribution in [3.63, 3.8) is 0 Å². The Morgan fingerprint density at radius 2 is 2.25 bits per heavy atom. The van der Waals surface area contributed by atoms with Crippen LogP contribution in [0, 0.1) is 0 Å². The average Bonchev–Trinajstić information content (AvgIpc) is 1.68. The molecule has 50 valence electrons. The molecule has 1 atom stereocenters. The van der Waals surface area contributed by atoms with Crippen molar-refractivity contribution in [1.82, 2.24) is 0 Å². The van der Waals surface area contributed by atoms with E-state index >= 15 is 0 Å². The highest BCUT2D eigenvalue weighted by Crippen LogP contribution is 2.06. The quantitative estimate of drug-likeness (QED) is 0.690. The predicted octanol–water partition coefficient (Wildman–Crippen LogP) is 2.18. The molecule has 0 rings (SSSR count). The van der Waals surface area contributed by atoms with Gasteiger partial charge in [0.05, 0.1) is 6.61 Å². The summed E-state index contributed by atoms with van der Waals surface area (Å²) in [5, 5.41) is 1.03. The Morgan fingerprint density at radius 3 is 2.62 bits per heavy atom. The van der Waals surface area contributed by atoms with Crippen molar-refractivity contribution in [1.29, 1.82) is 0 Å². The van der Waals surface area contributed by atoms with E-state index in [1.165, 1.54) is 0 Å². The third kappa shape index (κ3) is 5.06. The fraction of sp³-hybridized carbons (Fsp3) is 1.00. The minimum absolute atomic E-state index is 0.506. The van der Waals surface area contributed by atoms with Crippen molar-refractivity contribution >= 4 is 31.9 Å². The van der Waals surface area contributed by atoms with Crippen LogP contribution in [-0.2, 0) is 4.74 Å². The van der Waals surface area contributed by atoms with Crippen molar-refractivity contribution < 1.29 is 4.74 Å². The van der Waals surface area contributed by atoms with Crippen LogP contribution in [0.3, 0.4) is 0 Å². The Labute approximate surface area is 67.0 Å². The molecule has 0 spiro atoms. The molecular weight excluding hydrogens is 236 g/mol. The minimum atomic E-state index is 0.506. The fourth-order valence-corrected chi connectivity index (χ4v) is 2.04. The molecule has 0 N–H and O–H groups in total. The average molecular weight is 246 g/mol. The van der Waals surface area contributed by atoms with Crippen molar-refractivity contribution in [2.24, 2.45) is 0 Å². The Balaban J connectivity index is 2.92. The van der Waals surface area contributed by atoms with Crippen LogP contribution < -0.4 is 0 Å². The summed E-state index contributed by atoms with van der Waals surface area (Å²) in [4.78, 5) is 0.506. The van der Waals surface area contributed by atoms with Gasteiger partial charge in [-0.2, -0.15) is 0 Å². The van der Waals surface area contributed by atoms with Crippen molar-refractivity contribution in [3.8, 4) is 0 Å². The smallest absolute Gasteiger partial charge is 0.0587 e. The maximum atomic E-state index is 4.89. The number of hydrogen-bond acceptors (Lipinski definition) is 1. The summed E-state index contributed by atoms with van der Waals surface area (Å²) in [6.07, 6.45) is 1.12. The second kappa shape index (κ2) is 6.05. The highest BCUT2D eigenvalue weighted by molar-refractivity contribution is 9.10. The second-order valence-corrected chi connectivity index (χ2v) is 3.62. The summed E-state index contributed by atoms with van der Waals surface area (Å²) >= 11 is 6.78. The van der Waals surface area contributed by atoms with Gasteiger partial charge in [-0.3, -0.25) is 0 Å². The molecule has 0 aromatic carbocycles. The van der Waals surface area contributed by atoms with E-state index in [9.17, 15) is 0 Å². The van der Waals surface area contributed by atoms with E-state index in [0.717, 1.165) is 18.4 Å². The first-order chi connectivity index (χ1) is 3.81. The third-order valence-corrected chi connectivity index (χ3v) is 1.95. The number of alkyl halides is 2. The number of hydrogen-bond donors (Lipinski definition) is 0. The highest BCUT2D eigenvalue weighted by Gasteiger charge is 1.99. The summed E-state index contributed by atoms with van der Waals surface area (Å²) in [5.41, 5.74) is 0. The highest BCUT2D eigenvalue weighted by atomic mass is 79.9. The van der Waals surface area contributed by atoms with Crippen LogP contribution in [0.2, 0.25) is 0 Å². The van der Waals surface area contributed by atoms with Gasteiger partial charge >= 0.3 is 0 Å².